The first-order valence-electron chi connectivity index (χ1n) is 27.7. The summed E-state index contributed by atoms with van der Waals surface area (Å²) >= 11 is 5.72. The number of allylic oxidation sites excluding steroid dienone is 2. The summed E-state index contributed by atoms with van der Waals surface area (Å²) in [6.07, 6.45) is 6.79. The van der Waals surface area contributed by atoms with E-state index in [9.17, 15) is 0 Å². The Kier molecular flexibility index (Phi) is 12.5. The Balaban J connectivity index is 0.917. The maximum atomic E-state index is 5.97. The Bertz CT molecular complexity index is 4230. The SMILES string of the molecule is C1=CC(C2OCCO2)CC=C1N(c1ccccc1)c1ccc2sc3c(c2c1)c1sc2ccc(N(c4ccccc4)c4ccc(C5OCCO5)cc4)cc2c1c1sc2ccc(N(c4ccccc4)c4ccc(C5OCCO5)cc4)cc2c31. The summed E-state index contributed by atoms with van der Waals surface area (Å²) in [6.45, 7) is 3.68. The fourth-order valence-corrected chi connectivity index (χ4v) is 16.2. The van der Waals surface area contributed by atoms with Crippen molar-refractivity contribution in [2.75, 3.05) is 54.3 Å². The van der Waals surface area contributed by atoms with Crippen molar-refractivity contribution in [3.63, 3.8) is 0 Å². The molecule has 6 heterocycles. The number of benzene rings is 9. The Morgan fingerprint density at radius 1 is 0.346 bits per heavy atom. The third-order valence-electron chi connectivity index (χ3n) is 16.0. The van der Waals surface area contributed by atoms with Gasteiger partial charge in [-0.2, -0.15) is 0 Å². The predicted octanol–water partition coefficient (Wildman–Crippen LogP) is 18.8. The van der Waals surface area contributed by atoms with Gasteiger partial charge in [0.05, 0.1) is 39.6 Å². The van der Waals surface area contributed by atoms with Crippen molar-refractivity contribution in [3.05, 3.63) is 229 Å². The lowest BCUT2D eigenvalue weighted by molar-refractivity contribution is -0.0697. The van der Waals surface area contributed by atoms with Gasteiger partial charge in [0.2, 0.25) is 0 Å². The lowest BCUT2D eigenvalue weighted by Gasteiger charge is -2.30. The van der Waals surface area contributed by atoms with Crippen LogP contribution in [-0.4, -0.2) is 45.9 Å². The molecule has 0 N–H and O–H groups in total. The lowest BCUT2D eigenvalue weighted by Crippen LogP contribution is -2.23. The van der Waals surface area contributed by atoms with E-state index in [0.717, 1.165) is 68.7 Å². The molecule has 3 aromatic heterocycles. The Hall–Kier alpha value is -7.72. The van der Waals surface area contributed by atoms with Crippen LogP contribution < -0.4 is 14.7 Å². The van der Waals surface area contributed by atoms with Crippen LogP contribution in [0, 0.1) is 5.92 Å². The van der Waals surface area contributed by atoms with Gasteiger partial charge in [0, 0.05) is 129 Å². The molecule has 9 aromatic carbocycles. The van der Waals surface area contributed by atoms with Crippen LogP contribution in [0.2, 0.25) is 0 Å². The molecule has 0 radical (unpaired) electrons. The van der Waals surface area contributed by atoms with Gasteiger partial charge < -0.3 is 43.1 Å². The number of para-hydroxylation sites is 3. The molecular weight excluding hydrogens is 1060 g/mol. The molecule has 1 atom stereocenters. The van der Waals surface area contributed by atoms with Crippen molar-refractivity contribution in [3.8, 4) is 0 Å². The molecule has 9 nitrogen and oxygen atoms in total. The number of anilines is 8. The second kappa shape index (κ2) is 20.7. The minimum absolute atomic E-state index is 0.168. The predicted molar refractivity (Wildman–Crippen MR) is 333 cm³/mol. The van der Waals surface area contributed by atoms with Crippen LogP contribution in [-0.2, 0) is 28.4 Å². The van der Waals surface area contributed by atoms with Crippen LogP contribution in [0.4, 0.5) is 45.5 Å². The van der Waals surface area contributed by atoms with E-state index in [1.165, 1.54) is 60.5 Å². The van der Waals surface area contributed by atoms with Gasteiger partial charge in [0.1, 0.15) is 0 Å². The van der Waals surface area contributed by atoms with E-state index >= 15 is 0 Å². The first-order valence-corrected chi connectivity index (χ1v) is 30.1. The molecule has 0 bridgehead atoms. The maximum Gasteiger partial charge on any atom is 0.184 e. The largest absolute Gasteiger partial charge is 0.350 e. The van der Waals surface area contributed by atoms with Crippen molar-refractivity contribution in [2.45, 2.75) is 25.3 Å². The first kappa shape index (κ1) is 49.1. The summed E-state index contributed by atoms with van der Waals surface area (Å²) in [5.74, 6) is 0.168. The normalized spacial score (nSPS) is 17.2. The third kappa shape index (κ3) is 8.73. The van der Waals surface area contributed by atoms with Crippen LogP contribution in [0.3, 0.4) is 0 Å². The number of rotatable bonds is 12. The fraction of sp³-hybridized carbons (Fsp3) is 0.159. The van der Waals surface area contributed by atoms with Crippen molar-refractivity contribution in [1.29, 1.82) is 0 Å². The van der Waals surface area contributed by atoms with E-state index in [2.05, 4.69) is 227 Å². The molecule has 12 heteroatoms. The van der Waals surface area contributed by atoms with Gasteiger partial charge in [-0.1, -0.05) is 91.0 Å². The number of ether oxygens (including phenoxy) is 6. The molecule has 1 aliphatic carbocycles. The van der Waals surface area contributed by atoms with Crippen LogP contribution in [0.25, 0.3) is 60.5 Å². The molecule has 81 heavy (non-hydrogen) atoms. The molecule has 3 saturated heterocycles. The van der Waals surface area contributed by atoms with E-state index in [1.807, 2.05) is 34.0 Å². The number of fused-ring (bicyclic) bond motifs is 12. The van der Waals surface area contributed by atoms with Crippen LogP contribution in [0.15, 0.2) is 218 Å². The summed E-state index contributed by atoms with van der Waals surface area (Å²) in [7, 11) is 0. The van der Waals surface area contributed by atoms with Crippen LogP contribution in [0.1, 0.15) is 30.1 Å². The summed E-state index contributed by atoms with van der Waals surface area (Å²) in [6, 6.07) is 70.6. The summed E-state index contributed by atoms with van der Waals surface area (Å²) in [4.78, 5) is 7.13. The zero-order chi connectivity index (χ0) is 53.4. The first-order chi connectivity index (χ1) is 40.1. The van der Waals surface area contributed by atoms with Gasteiger partial charge in [-0.05, 0) is 128 Å². The highest BCUT2D eigenvalue weighted by atomic mass is 32.1. The lowest BCUT2D eigenvalue weighted by atomic mass is 9.97. The average molecular weight is 1120 g/mol. The number of hydrogen-bond donors (Lipinski definition) is 0. The molecular formula is C69H53N3O6S3. The summed E-state index contributed by atoms with van der Waals surface area (Å²) in [5, 5.41) is 7.60. The van der Waals surface area contributed by atoms with Gasteiger partial charge in [-0.25, -0.2) is 0 Å². The minimum atomic E-state index is -0.346. The quantitative estimate of drug-likeness (QED) is 0.119. The van der Waals surface area contributed by atoms with E-state index in [-0.39, 0.29) is 24.8 Å². The van der Waals surface area contributed by atoms with Crippen LogP contribution >= 0.6 is 34.0 Å². The minimum Gasteiger partial charge on any atom is -0.350 e. The van der Waals surface area contributed by atoms with Gasteiger partial charge in [0.25, 0.3) is 0 Å². The van der Waals surface area contributed by atoms with Gasteiger partial charge in [-0.3, -0.25) is 0 Å². The van der Waals surface area contributed by atoms with Gasteiger partial charge >= 0.3 is 0 Å². The van der Waals surface area contributed by atoms with Crippen molar-refractivity contribution in [2.24, 2.45) is 5.92 Å². The molecule has 0 spiro atoms. The zero-order valence-electron chi connectivity index (χ0n) is 44.0. The number of hydrogen-bond acceptors (Lipinski definition) is 12. The average Bonchev–Trinajstić information content (AvgIpc) is 4.53. The summed E-state index contributed by atoms with van der Waals surface area (Å²) < 4.78 is 43.2. The zero-order valence-corrected chi connectivity index (χ0v) is 46.4. The number of nitrogens with zero attached hydrogens (tertiary/aromatic N) is 3. The standard InChI is InChI=1S/C69H53N3O6S3/c1-4-10-46(11-5-1)70(49-22-16-43(17-23-49)67-73-34-35-74-67)52-28-31-58-55(40-52)61-64(79-58)62-57-42-54(72(48-14-8-3-9-15-48)51-26-20-45(21-27-51)69-77-38-39-78-69)30-33-60(57)81-66(62)63-56-41-53(29-32-59(56)80-65(61)63)71(47-12-6-2-7-13-47)50-24-18-44(19-25-50)68-75-36-37-76-68/h1-20,22-33,40-42,45,67-69H,21,34-39H2. The van der Waals surface area contributed by atoms with Crippen molar-refractivity contribution < 1.29 is 28.4 Å². The highest BCUT2D eigenvalue weighted by Gasteiger charge is 2.29. The molecule has 0 amide bonds. The smallest absolute Gasteiger partial charge is 0.184 e. The van der Waals surface area contributed by atoms with E-state index < -0.39 is 0 Å². The molecule has 4 aliphatic rings. The Morgan fingerprint density at radius 3 is 1.07 bits per heavy atom. The second-order valence-electron chi connectivity index (χ2n) is 20.8. The number of thiophene rings is 3. The fourth-order valence-electron chi connectivity index (χ4n) is 12.2. The topological polar surface area (TPSA) is 65.1 Å². The van der Waals surface area contributed by atoms with Gasteiger partial charge in [0.15, 0.2) is 18.9 Å². The molecule has 398 valence electrons. The van der Waals surface area contributed by atoms with Crippen molar-refractivity contribution >= 4 is 140 Å². The third-order valence-corrected chi connectivity index (χ3v) is 19.5. The molecule has 3 fully saturated rings. The molecule has 1 unspecified atom stereocenters. The molecule has 3 aliphatic heterocycles. The monoisotopic (exact) mass is 1120 g/mol. The Labute approximate surface area is 480 Å². The highest BCUT2D eigenvalue weighted by Crippen LogP contribution is 2.55. The van der Waals surface area contributed by atoms with E-state index in [4.69, 9.17) is 28.4 Å². The molecule has 0 saturated carbocycles. The van der Waals surface area contributed by atoms with Gasteiger partial charge in [-0.15, -0.1) is 34.0 Å². The van der Waals surface area contributed by atoms with E-state index in [1.54, 1.807) is 0 Å². The second-order valence-corrected chi connectivity index (χ2v) is 24.0. The molecule has 16 rings (SSSR count). The molecule has 12 aromatic rings. The highest BCUT2D eigenvalue weighted by molar-refractivity contribution is 7.34. The van der Waals surface area contributed by atoms with E-state index in [0.29, 0.717) is 39.6 Å². The van der Waals surface area contributed by atoms with Crippen molar-refractivity contribution in [1.82, 2.24) is 0 Å². The summed E-state index contributed by atoms with van der Waals surface area (Å²) in [5.41, 5.74) is 11.8. The maximum absolute atomic E-state index is 5.97. The van der Waals surface area contributed by atoms with Crippen LogP contribution in [0.5, 0.6) is 0 Å². The Morgan fingerprint density at radius 2 is 0.691 bits per heavy atom.